The van der Waals surface area contributed by atoms with Crippen molar-refractivity contribution >= 4 is 5.91 Å². The van der Waals surface area contributed by atoms with Crippen molar-refractivity contribution in [1.82, 2.24) is 14.9 Å². The van der Waals surface area contributed by atoms with Gasteiger partial charge in [-0.05, 0) is 43.0 Å². The summed E-state index contributed by atoms with van der Waals surface area (Å²) in [5.74, 6) is 1.25. The van der Waals surface area contributed by atoms with Crippen molar-refractivity contribution in [3.05, 3.63) is 77.4 Å². The minimum Gasteiger partial charge on any atom is -0.481 e. The molecular weight excluding hydrogens is 373 g/mol. The van der Waals surface area contributed by atoms with Crippen molar-refractivity contribution in [2.45, 2.75) is 31.7 Å². The number of amides is 1. The highest BCUT2D eigenvalue weighted by atomic mass is 19.1. The van der Waals surface area contributed by atoms with Crippen LogP contribution in [0.5, 0.6) is 5.88 Å². The van der Waals surface area contributed by atoms with Gasteiger partial charge in [0.1, 0.15) is 17.6 Å². The van der Waals surface area contributed by atoms with Gasteiger partial charge in [-0.15, -0.1) is 0 Å². The number of rotatable bonds is 5. The van der Waals surface area contributed by atoms with E-state index in [2.05, 4.69) is 9.97 Å². The third kappa shape index (κ3) is 4.29. The molecule has 3 heterocycles. The summed E-state index contributed by atoms with van der Waals surface area (Å²) in [5, 5.41) is 0. The van der Waals surface area contributed by atoms with E-state index in [1.165, 1.54) is 25.4 Å². The number of ether oxygens (including phenoxy) is 1. The highest BCUT2D eigenvalue weighted by Gasteiger charge is 2.32. The molecule has 29 heavy (non-hydrogen) atoms. The molecule has 4 rings (SSSR count). The summed E-state index contributed by atoms with van der Waals surface area (Å²) in [7, 11) is 1.54. The Labute approximate surface area is 168 Å². The fraction of sp³-hybridized carbons (Fsp3) is 0.318. The van der Waals surface area contributed by atoms with Gasteiger partial charge < -0.3 is 14.1 Å². The molecule has 1 aliphatic rings. The Hall–Kier alpha value is -3.22. The normalized spacial score (nSPS) is 16.6. The lowest BCUT2D eigenvalue weighted by Gasteiger charge is -2.33. The second-order valence-corrected chi connectivity index (χ2v) is 7.07. The number of halogens is 1. The van der Waals surface area contributed by atoms with Crippen molar-refractivity contribution in [1.29, 1.82) is 0 Å². The molecule has 1 saturated heterocycles. The number of methoxy groups -OCH3 is 1. The van der Waals surface area contributed by atoms with Crippen LogP contribution in [0.2, 0.25) is 0 Å². The first-order valence-electron chi connectivity index (χ1n) is 9.64. The van der Waals surface area contributed by atoms with Crippen LogP contribution < -0.4 is 4.74 Å². The number of nitrogens with zero attached hydrogens (tertiary/aromatic N) is 3. The number of aromatic nitrogens is 2. The fourth-order valence-electron chi connectivity index (χ4n) is 3.63. The van der Waals surface area contributed by atoms with Crippen LogP contribution >= 0.6 is 0 Å². The second kappa shape index (κ2) is 8.43. The number of benzene rings is 1. The Morgan fingerprint density at radius 3 is 2.90 bits per heavy atom. The van der Waals surface area contributed by atoms with E-state index in [1.807, 2.05) is 6.07 Å². The average molecular weight is 395 g/mol. The quantitative estimate of drug-likeness (QED) is 0.648. The van der Waals surface area contributed by atoms with Gasteiger partial charge in [0.25, 0.3) is 5.91 Å². The minimum atomic E-state index is -0.278. The van der Waals surface area contributed by atoms with Gasteiger partial charge in [0.2, 0.25) is 11.8 Å². The molecule has 7 heteroatoms. The maximum Gasteiger partial charge on any atom is 0.256 e. The van der Waals surface area contributed by atoms with Crippen LogP contribution in [-0.4, -0.2) is 34.4 Å². The number of carbonyl (C=O) groups excluding carboxylic acids is 1. The van der Waals surface area contributed by atoms with Crippen LogP contribution in [0.1, 0.15) is 52.9 Å². The number of hydrogen-bond acceptors (Lipinski definition) is 5. The summed E-state index contributed by atoms with van der Waals surface area (Å²) in [4.78, 5) is 23.4. The van der Waals surface area contributed by atoms with Gasteiger partial charge >= 0.3 is 0 Å². The molecule has 1 amide bonds. The molecule has 3 aromatic rings. The second-order valence-electron chi connectivity index (χ2n) is 7.07. The summed E-state index contributed by atoms with van der Waals surface area (Å²) in [5.41, 5.74) is 1.32. The third-order valence-electron chi connectivity index (χ3n) is 5.08. The van der Waals surface area contributed by atoms with Crippen LogP contribution in [0, 0.1) is 5.82 Å². The summed E-state index contributed by atoms with van der Waals surface area (Å²) in [6, 6.07) is 9.58. The zero-order valence-electron chi connectivity index (χ0n) is 16.2. The first-order valence-corrected chi connectivity index (χ1v) is 9.64. The van der Waals surface area contributed by atoms with E-state index < -0.39 is 0 Å². The highest BCUT2D eigenvalue weighted by molar-refractivity contribution is 5.94. The summed E-state index contributed by atoms with van der Waals surface area (Å²) < 4.78 is 24.4. The lowest BCUT2D eigenvalue weighted by Crippen LogP contribution is -2.38. The molecule has 0 aliphatic carbocycles. The van der Waals surface area contributed by atoms with E-state index in [1.54, 1.807) is 29.3 Å². The molecular formula is C22H22FN3O3. The number of piperidine rings is 1. The van der Waals surface area contributed by atoms with Gasteiger partial charge in [0.05, 0.1) is 18.9 Å². The Morgan fingerprint density at radius 1 is 1.24 bits per heavy atom. The minimum absolute atomic E-state index is 0.102. The smallest absolute Gasteiger partial charge is 0.256 e. The largest absolute Gasteiger partial charge is 0.481 e. The zero-order chi connectivity index (χ0) is 20.2. The first-order chi connectivity index (χ1) is 14.1. The van der Waals surface area contributed by atoms with Gasteiger partial charge in [-0.2, -0.15) is 0 Å². The molecule has 0 radical (unpaired) electrons. The van der Waals surface area contributed by atoms with Crippen LogP contribution in [0.3, 0.4) is 0 Å². The van der Waals surface area contributed by atoms with Gasteiger partial charge in [0.15, 0.2) is 0 Å². The van der Waals surface area contributed by atoms with Crippen LogP contribution in [0.25, 0.3) is 0 Å². The first kappa shape index (κ1) is 19.1. The lowest BCUT2D eigenvalue weighted by molar-refractivity contribution is 0.0569. The van der Waals surface area contributed by atoms with Crippen molar-refractivity contribution in [3.63, 3.8) is 0 Å². The Kier molecular flexibility index (Phi) is 5.55. The number of pyridine rings is 1. The molecule has 0 saturated carbocycles. The predicted molar refractivity (Wildman–Crippen MR) is 104 cm³/mol. The van der Waals surface area contributed by atoms with E-state index in [-0.39, 0.29) is 17.8 Å². The summed E-state index contributed by atoms with van der Waals surface area (Å²) >= 11 is 0. The molecule has 150 valence electrons. The molecule has 0 N–H and O–H groups in total. The number of oxazole rings is 1. The molecule has 1 aliphatic heterocycles. The third-order valence-corrected chi connectivity index (χ3v) is 5.08. The van der Waals surface area contributed by atoms with Gasteiger partial charge in [-0.1, -0.05) is 12.1 Å². The van der Waals surface area contributed by atoms with Crippen LogP contribution in [0.4, 0.5) is 4.39 Å². The Balaban J connectivity index is 1.52. The standard InChI is InChI=1S/C22H22FN3O3/c1-28-20-9-8-16(13-24-20)22(27)26-10-3-2-7-19(26)21-25-14-18(29-21)12-15-5-4-6-17(23)11-15/h4-6,8-9,11,13-14,19H,2-3,7,10,12H2,1H3. The highest BCUT2D eigenvalue weighted by Crippen LogP contribution is 2.32. The van der Waals surface area contributed by atoms with Crippen molar-refractivity contribution in [2.75, 3.05) is 13.7 Å². The van der Waals surface area contributed by atoms with E-state index in [9.17, 15) is 9.18 Å². The number of likely N-dealkylation sites (tertiary alicyclic amines) is 1. The van der Waals surface area contributed by atoms with Crippen LogP contribution in [-0.2, 0) is 6.42 Å². The van der Waals surface area contributed by atoms with Gasteiger partial charge in [-0.3, -0.25) is 4.79 Å². The molecule has 1 fully saturated rings. The SMILES string of the molecule is COc1ccc(C(=O)N2CCCCC2c2ncc(Cc3cccc(F)c3)o2)cn1. The molecule has 1 aromatic carbocycles. The molecule has 6 nitrogen and oxygen atoms in total. The van der Waals surface area contributed by atoms with E-state index >= 15 is 0 Å². The van der Waals surface area contributed by atoms with Crippen molar-refractivity contribution in [3.8, 4) is 5.88 Å². The summed E-state index contributed by atoms with van der Waals surface area (Å²) in [6.07, 6.45) is 6.35. The Morgan fingerprint density at radius 2 is 2.14 bits per heavy atom. The Bertz CT molecular complexity index is 987. The molecule has 0 spiro atoms. The zero-order valence-corrected chi connectivity index (χ0v) is 16.2. The summed E-state index contributed by atoms with van der Waals surface area (Å²) in [6.45, 7) is 0.636. The van der Waals surface area contributed by atoms with Crippen LogP contribution in [0.15, 0.2) is 53.2 Å². The lowest BCUT2D eigenvalue weighted by atomic mass is 10.0. The topological polar surface area (TPSA) is 68.5 Å². The van der Waals surface area contributed by atoms with E-state index in [0.717, 1.165) is 24.8 Å². The number of carbonyl (C=O) groups is 1. The molecule has 2 aromatic heterocycles. The molecule has 1 atom stereocenters. The maximum absolute atomic E-state index is 13.4. The van der Waals surface area contributed by atoms with Crippen molar-refractivity contribution < 1.29 is 18.3 Å². The van der Waals surface area contributed by atoms with E-state index in [4.69, 9.17) is 9.15 Å². The monoisotopic (exact) mass is 395 g/mol. The van der Waals surface area contributed by atoms with Gasteiger partial charge in [0, 0.05) is 25.2 Å². The van der Waals surface area contributed by atoms with Gasteiger partial charge in [-0.25, -0.2) is 14.4 Å². The number of hydrogen-bond donors (Lipinski definition) is 0. The average Bonchev–Trinajstić information content (AvgIpc) is 3.21. The fourth-order valence-corrected chi connectivity index (χ4v) is 3.63. The van der Waals surface area contributed by atoms with E-state index in [0.29, 0.717) is 36.1 Å². The van der Waals surface area contributed by atoms with Crippen molar-refractivity contribution in [2.24, 2.45) is 0 Å². The molecule has 0 bridgehead atoms. The maximum atomic E-state index is 13.4. The predicted octanol–water partition coefficient (Wildman–Crippen LogP) is 4.18. The molecule has 1 unspecified atom stereocenters.